The van der Waals surface area contributed by atoms with Crippen molar-refractivity contribution in [2.75, 3.05) is 0 Å². The number of nitrogens with zero attached hydrogens (tertiary/aromatic N) is 2. The van der Waals surface area contributed by atoms with Crippen LogP contribution in [0.1, 0.15) is 17.3 Å². The van der Waals surface area contributed by atoms with Gasteiger partial charge in [0.05, 0.1) is 17.8 Å². The molecule has 0 fully saturated rings. The zero-order valence-electron chi connectivity index (χ0n) is 12.2. The number of carbonyl (C=O) groups excluding carboxylic acids is 1. The van der Waals surface area contributed by atoms with Gasteiger partial charge >= 0.3 is 0 Å². The summed E-state index contributed by atoms with van der Waals surface area (Å²) in [5, 5.41) is 0.707. The van der Waals surface area contributed by atoms with Crippen LogP contribution >= 0.6 is 15.9 Å². The predicted molar refractivity (Wildman–Crippen MR) is 91.8 cm³/mol. The predicted octanol–water partition coefficient (Wildman–Crippen LogP) is 5.18. The van der Waals surface area contributed by atoms with Crippen molar-refractivity contribution in [3.8, 4) is 0 Å². The Labute approximate surface area is 141 Å². The van der Waals surface area contributed by atoms with E-state index in [9.17, 15) is 4.79 Å². The molecule has 2 aromatic carbocycles. The van der Waals surface area contributed by atoms with Crippen molar-refractivity contribution in [3.05, 3.63) is 75.5 Å². The third kappa shape index (κ3) is 3.22. The van der Waals surface area contributed by atoms with Crippen LogP contribution in [-0.4, -0.2) is 5.78 Å². The fraction of sp³-hybridized carbons (Fsp3) is 0.0556. The topological polar surface area (TPSA) is 46.9 Å². The molecule has 0 spiro atoms. The van der Waals surface area contributed by atoms with Crippen LogP contribution in [0.15, 0.2) is 62.4 Å². The molecule has 0 aliphatic rings. The first-order chi connectivity index (χ1) is 11.1. The van der Waals surface area contributed by atoms with Crippen molar-refractivity contribution in [1.29, 1.82) is 0 Å². The van der Waals surface area contributed by atoms with E-state index in [4.69, 9.17) is 11.0 Å². The van der Waals surface area contributed by atoms with Crippen LogP contribution in [0.5, 0.6) is 0 Å². The molecule has 3 aromatic rings. The molecule has 0 radical (unpaired) electrons. The van der Waals surface area contributed by atoms with Crippen LogP contribution in [-0.2, 0) is 0 Å². The Morgan fingerprint density at radius 3 is 2.57 bits per heavy atom. The zero-order valence-corrected chi connectivity index (χ0v) is 13.8. The lowest BCUT2D eigenvalue weighted by Gasteiger charge is -2.03. The summed E-state index contributed by atoms with van der Waals surface area (Å²) in [6.45, 7) is 8.54. The fourth-order valence-corrected chi connectivity index (χ4v) is 2.42. The van der Waals surface area contributed by atoms with Gasteiger partial charge in [0, 0.05) is 9.86 Å². The molecule has 0 unspecified atom stereocenters. The van der Waals surface area contributed by atoms with E-state index in [0.29, 0.717) is 27.9 Å². The van der Waals surface area contributed by atoms with Crippen molar-refractivity contribution in [2.24, 2.45) is 4.99 Å². The molecular formula is C18H11BrN2O2. The second kappa shape index (κ2) is 6.19. The van der Waals surface area contributed by atoms with Gasteiger partial charge in [-0.15, -0.1) is 0 Å². The molecule has 0 aliphatic heterocycles. The summed E-state index contributed by atoms with van der Waals surface area (Å²) in [5.74, 6) is -0.139. The highest BCUT2D eigenvalue weighted by molar-refractivity contribution is 9.10. The lowest BCUT2D eigenvalue weighted by atomic mass is 10.1. The SMILES string of the molecule is [C-]#[N+]c1ccc2oc(=Nc3ccc(Br)cc3)c(C(C)=O)cc2c1. The normalized spacial score (nSPS) is 11.4. The molecule has 112 valence electrons. The molecule has 0 N–H and O–H groups in total. The van der Waals surface area contributed by atoms with Crippen LogP contribution in [0.3, 0.4) is 0 Å². The van der Waals surface area contributed by atoms with Gasteiger partial charge in [-0.1, -0.05) is 22.0 Å². The van der Waals surface area contributed by atoms with Gasteiger partial charge < -0.3 is 4.42 Å². The van der Waals surface area contributed by atoms with Crippen molar-refractivity contribution in [3.63, 3.8) is 0 Å². The van der Waals surface area contributed by atoms with Gasteiger partial charge in [0.2, 0.25) is 5.55 Å². The monoisotopic (exact) mass is 366 g/mol. The summed E-state index contributed by atoms with van der Waals surface area (Å²) in [4.78, 5) is 19.7. The number of Topliss-reactive ketones (excluding diaryl/α,β-unsaturated/α-hetero) is 1. The van der Waals surface area contributed by atoms with Gasteiger partial charge in [-0.25, -0.2) is 9.84 Å². The third-order valence-corrected chi connectivity index (χ3v) is 3.82. The molecule has 0 saturated carbocycles. The summed E-state index contributed by atoms with van der Waals surface area (Å²) >= 11 is 3.37. The minimum Gasteiger partial charge on any atom is -0.438 e. The van der Waals surface area contributed by atoms with Gasteiger partial charge in [0.25, 0.3) is 0 Å². The molecule has 5 heteroatoms. The molecule has 23 heavy (non-hydrogen) atoms. The van der Waals surface area contributed by atoms with Crippen LogP contribution in [0.2, 0.25) is 0 Å². The Bertz CT molecular complexity index is 1010. The lowest BCUT2D eigenvalue weighted by Crippen LogP contribution is -2.12. The quantitative estimate of drug-likeness (QED) is 0.463. The number of hydrogen-bond acceptors (Lipinski definition) is 3. The Morgan fingerprint density at radius 1 is 1.17 bits per heavy atom. The van der Waals surface area contributed by atoms with Crippen molar-refractivity contribution in [1.82, 2.24) is 0 Å². The molecular weight excluding hydrogens is 356 g/mol. The van der Waals surface area contributed by atoms with Crippen LogP contribution in [0.4, 0.5) is 11.4 Å². The standard InChI is InChI=1S/C18H11BrN2O2/c1-11(22)16-10-12-9-15(20-2)7-8-17(12)23-18(16)21-14-5-3-13(19)4-6-14/h3-10H,1H3. The van der Waals surface area contributed by atoms with E-state index in [1.165, 1.54) is 6.92 Å². The Balaban J connectivity index is 2.26. The summed E-state index contributed by atoms with van der Waals surface area (Å²) in [6, 6.07) is 14.2. The molecule has 0 saturated heterocycles. The van der Waals surface area contributed by atoms with Crippen molar-refractivity contribution >= 4 is 44.1 Å². The number of fused-ring (bicyclic) bond motifs is 1. The molecule has 3 rings (SSSR count). The number of hydrogen-bond donors (Lipinski definition) is 0. The van der Waals surface area contributed by atoms with Gasteiger partial charge in [-0.05, 0) is 49.4 Å². The highest BCUT2D eigenvalue weighted by Gasteiger charge is 2.09. The molecule has 0 amide bonds. The average Bonchev–Trinajstić information content (AvgIpc) is 2.55. The zero-order chi connectivity index (χ0) is 16.4. The highest BCUT2D eigenvalue weighted by atomic mass is 79.9. The number of halogens is 1. The first-order valence-electron chi connectivity index (χ1n) is 6.83. The van der Waals surface area contributed by atoms with E-state index in [-0.39, 0.29) is 11.3 Å². The third-order valence-electron chi connectivity index (χ3n) is 3.30. The average molecular weight is 367 g/mol. The maximum atomic E-state index is 11.9. The Kier molecular flexibility index (Phi) is 4.09. The van der Waals surface area contributed by atoms with E-state index >= 15 is 0 Å². The second-order valence-corrected chi connectivity index (χ2v) is 5.86. The van der Waals surface area contributed by atoms with Gasteiger partial charge in [0.15, 0.2) is 11.5 Å². The maximum Gasteiger partial charge on any atom is 0.230 e. The van der Waals surface area contributed by atoms with Crippen molar-refractivity contribution < 1.29 is 9.21 Å². The van der Waals surface area contributed by atoms with E-state index in [0.717, 1.165) is 4.47 Å². The van der Waals surface area contributed by atoms with Crippen LogP contribution in [0.25, 0.3) is 15.8 Å². The lowest BCUT2D eigenvalue weighted by molar-refractivity contribution is 0.101. The first-order valence-corrected chi connectivity index (χ1v) is 7.63. The number of ketones is 1. The van der Waals surface area contributed by atoms with E-state index in [1.807, 2.05) is 24.3 Å². The summed E-state index contributed by atoms with van der Waals surface area (Å²) in [6.07, 6.45) is 0. The Hall–Kier alpha value is -2.71. The van der Waals surface area contributed by atoms with Gasteiger partial charge in [-0.3, -0.25) is 4.79 Å². The van der Waals surface area contributed by atoms with E-state index in [2.05, 4.69) is 25.8 Å². The maximum absolute atomic E-state index is 11.9. The summed E-state index contributed by atoms with van der Waals surface area (Å²) in [7, 11) is 0. The number of benzene rings is 2. The minimum absolute atomic E-state index is 0.139. The second-order valence-electron chi connectivity index (χ2n) is 4.94. The number of carbonyl (C=O) groups is 1. The Morgan fingerprint density at radius 2 is 1.91 bits per heavy atom. The van der Waals surface area contributed by atoms with Crippen molar-refractivity contribution in [2.45, 2.75) is 6.92 Å². The fourth-order valence-electron chi connectivity index (χ4n) is 2.16. The molecule has 0 atom stereocenters. The van der Waals surface area contributed by atoms with E-state index in [1.54, 1.807) is 24.3 Å². The number of rotatable bonds is 2. The molecule has 4 nitrogen and oxygen atoms in total. The van der Waals surface area contributed by atoms with Crippen LogP contribution < -0.4 is 5.55 Å². The smallest absolute Gasteiger partial charge is 0.230 e. The molecule has 0 aliphatic carbocycles. The van der Waals surface area contributed by atoms with E-state index < -0.39 is 0 Å². The van der Waals surface area contributed by atoms with Crippen LogP contribution in [0, 0.1) is 6.57 Å². The molecule has 0 bridgehead atoms. The first kappa shape index (κ1) is 15.2. The minimum atomic E-state index is -0.139. The van der Waals surface area contributed by atoms with Gasteiger partial charge in [0.1, 0.15) is 5.58 Å². The summed E-state index contributed by atoms with van der Waals surface area (Å²) in [5.41, 5.74) is 2.43. The highest BCUT2D eigenvalue weighted by Crippen LogP contribution is 2.22. The summed E-state index contributed by atoms with van der Waals surface area (Å²) < 4.78 is 6.74. The largest absolute Gasteiger partial charge is 0.438 e. The van der Waals surface area contributed by atoms with Gasteiger partial charge in [-0.2, -0.15) is 0 Å². The molecule has 1 aromatic heterocycles. The molecule has 1 heterocycles.